The highest BCUT2D eigenvalue weighted by molar-refractivity contribution is 7.92. The number of nitrogens with one attached hydrogen (secondary N) is 2. The minimum atomic E-state index is -3.61. The topological polar surface area (TPSA) is 71.1 Å². The maximum absolute atomic E-state index is 12.3. The summed E-state index contributed by atoms with van der Waals surface area (Å²) in [5.74, 6) is 0.646. The molecular formula is C19H19N3O2S. The van der Waals surface area contributed by atoms with Gasteiger partial charge in [-0.05, 0) is 61.4 Å². The van der Waals surface area contributed by atoms with E-state index >= 15 is 0 Å². The Balaban J connectivity index is 1.74. The molecule has 0 bridgehead atoms. The minimum absolute atomic E-state index is 0.215. The van der Waals surface area contributed by atoms with Gasteiger partial charge in [0.2, 0.25) is 0 Å². The van der Waals surface area contributed by atoms with E-state index < -0.39 is 10.0 Å². The Kier molecular flexibility index (Phi) is 4.72. The van der Waals surface area contributed by atoms with E-state index in [-0.39, 0.29) is 4.90 Å². The molecule has 3 rings (SSSR count). The average Bonchev–Trinajstić information content (AvgIpc) is 2.56. The molecule has 0 saturated heterocycles. The number of nitrogens with zero attached hydrogens (tertiary/aromatic N) is 1. The van der Waals surface area contributed by atoms with E-state index in [0.29, 0.717) is 11.5 Å². The molecule has 2 aromatic carbocycles. The summed E-state index contributed by atoms with van der Waals surface area (Å²) >= 11 is 0. The molecule has 0 aliphatic heterocycles. The second kappa shape index (κ2) is 6.94. The largest absolute Gasteiger partial charge is 0.340 e. The quantitative estimate of drug-likeness (QED) is 0.719. The van der Waals surface area contributed by atoms with Gasteiger partial charge >= 0.3 is 0 Å². The first-order valence-electron chi connectivity index (χ1n) is 7.82. The monoisotopic (exact) mass is 353 g/mol. The molecule has 25 heavy (non-hydrogen) atoms. The molecule has 128 valence electrons. The van der Waals surface area contributed by atoms with Gasteiger partial charge in [0.1, 0.15) is 5.82 Å². The van der Waals surface area contributed by atoms with Crippen molar-refractivity contribution in [2.75, 3.05) is 10.0 Å². The summed E-state index contributed by atoms with van der Waals surface area (Å²) in [7, 11) is -3.61. The van der Waals surface area contributed by atoms with E-state index in [4.69, 9.17) is 0 Å². The van der Waals surface area contributed by atoms with Crippen molar-refractivity contribution in [2.45, 2.75) is 18.7 Å². The Bertz CT molecular complexity index is 949. The second-order valence-corrected chi connectivity index (χ2v) is 7.53. The molecule has 1 aromatic heterocycles. The van der Waals surface area contributed by atoms with Crippen LogP contribution in [-0.2, 0) is 10.0 Å². The van der Waals surface area contributed by atoms with Gasteiger partial charge in [0, 0.05) is 5.69 Å². The number of hydrogen-bond acceptors (Lipinski definition) is 4. The zero-order valence-electron chi connectivity index (χ0n) is 14.0. The van der Waals surface area contributed by atoms with Crippen molar-refractivity contribution in [3.63, 3.8) is 0 Å². The summed E-state index contributed by atoms with van der Waals surface area (Å²) in [5, 5.41) is 3.22. The Hall–Kier alpha value is -2.86. The van der Waals surface area contributed by atoms with Crippen LogP contribution in [0.25, 0.3) is 0 Å². The fraction of sp³-hybridized carbons (Fsp3) is 0.105. The van der Waals surface area contributed by atoms with Crippen LogP contribution in [0.3, 0.4) is 0 Å². The van der Waals surface area contributed by atoms with Gasteiger partial charge in [-0.15, -0.1) is 0 Å². The van der Waals surface area contributed by atoms with E-state index in [2.05, 4.69) is 21.1 Å². The van der Waals surface area contributed by atoms with Gasteiger partial charge in [0.25, 0.3) is 10.0 Å². The molecule has 0 spiro atoms. The molecule has 6 heteroatoms. The van der Waals surface area contributed by atoms with Crippen LogP contribution in [0, 0.1) is 13.8 Å². The summed E-state index contributed by atoms with van der Waals surface area (Å²) in [4.78, 5) is 4.49. The van der Waals surface area contributed by atoms with E-state index in [1.807, 2.05) is 26.0 Å². The predicted octanol–water partition coefficient (Wildman–Crippen LogP) is 4.24. The molecule has 2 N–H and O–H groups in total. The third kappa shape index (κ3) is 4.36. The van der Waals surface area contributed by atoms with Crippen molar-refractivity contribution in [1.29, 1.82) is 0 Å². The molecule has 0 saturated carbocycles. The van der Waals surface area contributed by atoms with E-state index in [1.165, 1.54) is 6.20 Å². The summed E-state index contributed by atoms with van der Waals surface area (Å²) in [6.45, 7) is 4.07. The zero-order chi connectivity index (χ0) is 17.9. The molecule has 0 fully saturated rings. The van der Waals surface area contributed by atoms with Crippen molar-refractivity contribution < 1.29 is 8.42 Å². The molecule has 1 heterocycles. The van der Waals surface area contributed by atoms with Gasteiger partial charge in [-0.3, -0.25) is 4.72 Å². The number of benzene rings is 2. The highest BCUT2D eigenvalue weighted by Gasteiger charge is 2.13. The molecule has 3 aromatic rings. The zero-order valence-corrected chi connectivity index (χ0v) is 14.8. The average molecular weight is 353 g/mol. The highest BCUT2D eigenvalue weighted by Crippen LogP contribution is 2.20. The molecule has 0 aliphatic rings. The number of hydrogen-bond donors (Lipinski definition) is 2. The SMILES string of the molecule is Cc1cc(C)cc(Nc2ccc(NS(=O)(=O)c3ccccc3)cn2)c1. The van der Waals surface area contributed by atoms with Gasteiger partial charge in [-0.1, -0.05) is 24.3 Å². The van der Waals surface area contributed by atoms with Crippen molar-refractivity contribution in [1.82, 2.24) is 4.98 Å². The summed E-state index contributed by atoms with van der Waals surface area (Å²) in [5.41, 5.74) is 3.68. The van der Waals surface area contributed by atoms with E-state index in [9.17, 15) is 8.42 Å². The van der Waals surface area contributed by atoms with Gasteiger partial charge < -0.3 is 5.32 Å². The van der Waals surface area contributed by atoms with Crippen molar-refractivity contribution in [3.8, 4) is 0 Å². The molecule has 0 amide bonds. The third-order valence-electron chi connectivity index (χ3n) is 3.56. The maximum atomic E-state index is 12.3. The number of aryl methyl sites for hydroxylation is 2. The lowest BCUT2D eigenvalue weighted by atomic mass is 10.1. The van der Waals surface area contributed by atoms with Crippen LogP contribution in [0.1, 0.15) is 11.1 Å². The predicted molar refractivity (Wildman–Crippen MR) is 101 cm³/mol. The third-order valence-corrected chi connectivity index (χ3v) is 4.96. The normalized spacial score (nSPS) is 11.1. The van der Waals surface area contributed by atoms with E-state index in [1.54, 1.807) is 42.5 Å². The Morgan fingerprint density at radius 3 is 2.12 bits per heavy atom. The first-order valence-corrected chi connectivity index (χ1v) is 9.30. The van der Waals surface area contributed by atoms with Gasteiger partial charge in [-0.2, -0.15) is 0 Å². The lowest BCUT2D eigenvalue weighted by Gasteiger charge is -2.10. The van der Waals surface area contributed by atoms with Crippen molar-refractivity contribution in [3.05, 3.63) is 78.0 Å². The Morgan fingerprint density at radius 2 is 1.52 bits per heavy atom. The first-order chi connectivity index (χ1) is 11.9. The van der Waals surface area contributed by atoms with Crippen molar-refractivity contribution in [2.24, 2.45) is 0 Å². The van der Waals surface area contributed by atoms with Crippen LogP contribution in [0.15, 0.2) is 71.8 Å². The maximum Gasteiger partial charge on any atom is 0.261 e. The van der Waals surface area contributed by atoms with Gasteiger partial charge in [0.05, 0.1) is 16.8 Å². The number of pyridine rings is 1. The second-order valence-electron chi connectivity index (χ2n) is 5.85. The van der Waals surface area contributed by atoms with Crippen LogP contribution in [0.4, 0.5) is 17.2 Å². The smallest absolute Gasteiger partial charge is 0.261 e. The number of sulfonamides is 1. The summed E-state index contributed by atoms with van der Waals surface area (Å²) < 4.78 is 27.1. The van der Waals surface area contributed by atoms with Gasteiger partial charge in [-0.25, -0.2) is 13.4 Å². The number of rotatable bonds is 5. The molecule has 0 aliphatic carbocycles. The highest BCUT2D eigenvalue weighted by atomic mass is 32.2. The number of aromatic nitrogens is 1. The Labute approximate surface area is 147 Å². The molecule has 0 unspecified atom stereocenters. The summed E-state index contributed by atoms with van der Waals surface area (Å²) in [6.07, 6.45) is 1.49. The van der Waals surface area contributed by atoms with Gasteiger partial charge in [0.15, 0.2) is 0 Å². The lowest BCUT2D eigenvalue weighted by Crippen LogP contribution is -2.13. The molecule has 0 atom stereocenters. The van der Waals surface area contributed by atoms with Crippen LogP contribution in [0.5, 0.6) is 0 Å². The van der Waals surface area contributed by atoms with Crippen LogP contribution < -0.4 is 10.0 Å². The first kappa shape index (κ1) is 17.0. The Morgan fingerprint density at radius 1 is 0.840 bits per heavy atom. The number of anilines is 3. The summed E-state index contributed by atoms with van der Waals surface area (Å²) in [6, 6.07) is 17.8. The standard InChI is InChI=1S/C19H19N3O2S/c1-14-10-15(2)12-17(11-14)21-19-9-8-16(13-20-19)22-25(23,24)18-6-4-3-5-7-18/h3-13,22H,1-2H3,(H,20,21). The van der Waals surface area contributed by atoms with Crippen LogP contribution in [0.2, 0.25) is 0 Å². The molecule has 5 nitrogen and oxygen atoms in total. The van der Waals surface area contributed by atoms with Crippen LogP contribution in [-0.4, -0.2) is 13.4 Å². The van der Waals surface area contributed by atoms with Crippen LogP contribution >= 0.6 is 0 Å². The fourth-order valence-electron chi connectivity index (χ4n) is 2.54. The minimum Gasteiger partial charge on any atom is -0.340 e. The fourth-order valence-corrected chi connectivity index (χ4v) is 3.60. The molecule has 0 radical (unpaired) electrons. The lowest BCUT2D eigenvalue weighted by molar-refractivity contribution is 0.601. The molecular weight excluding hydrogens is 334 g/mol. The van der Waals surface area contributed by atoms with Crippen molar-refractivity contribution >= 4 is 27.2 Å². The van der Waals surface area contributed by atoms with E-state index in [0.717, 1.165) is 16.8 Å².